The van der Waals surface area contributed by atoms with Gasteiger partial charge in [0, 0.05) is 12.4 Å². The van der Waals surface area contributed by atoms with E-state index in [0.717, 1.165) is 0 Å². The quantitative estimate of drug-likeness (QED) is 0.469. The first-order valence-corrected chi connectivity index (χ1v) is 3.40. The van der Waals surface area contributed by atoms with Gasteiger partial charge >= 0.3 is 58.9 Å². The molecule has 1 aliphatic heterocycles. The van der Waals surface area contributed by atoms with Crippen molar-refractivity contribution < 1.29 is 51.4 Å². The van der Waals surface area contributed by atoms with Gasteiger partial charge in [0.1, 0.15) is 0 Å². The van der Waals surface area contributed by atoms with Gasteiger partial charge in [-0.25, -0.2) is 0 Å². The fourth-order valence-electron chi connectivity index (χ4n) is 0.917. The number of aromatic nitrogens is 2. The van der Waals surface area contributed by atoms with Crippen molar-refractivity contribution in [2.75, 3.05) is 0 Å². The van der Waals surface area contributed by atoms with Crippen molar-refractivity contribution in [1.82, 2.24) is 14.6 Å². The zero-order valence-electron chi connectivity index (χ0n) is 6.96. The molecule has 12 heavy (non-hydrogen) atoms. The van der Waals surface area contributed by atoms with E-state index in [9.17, 15) is 0 Å². The van der Waals surface area contributed by atoms with Crippen molar-refractivity contribution in [3.63, 3.8) is 0 Å². The SMILES string of the molecule is B(N1C=C[CH][N-]1)n1cccn1.[K+]. The third kappa shape index (κ3) is 2.72. The minimum atomic E-state index is 0. The molecule has 1 aliphatic rings. The summed E-state index contributed by atoms with van der Waals surface area (Å²) in [7, 11) is 0.681. The second-order valence-corrected chi connectivity index (χ2v) is 2.23. The average Bonchev–Trinajstić information content (AvgIpc) is 2.60. The summed E-state index contributed by atoms with van der Waals surface area (Å²) in [5, 5.41) is 4.05. The largest absolute Gasteiger partial charge is 1.00 e. The molecular weight excluding hydrogens is 178 g/mol. The van der Waals surface area contributed by atoms with Gasteiger partial charge in [-0.3, -0.25) is 4.59 Å². The van der Waals surface area contributed by atoms with E-state index < -0.39 is 0 Å². The van der Waals surface area contributed by atoms with Crippen LogP contribution in [0.15, 0.2) is 30.7 Å². The third-order valence-corrected chi connectivity index (χ3v) is 1.41. The van der Waals surface area contributed by atoms with Crippen LogP contribution in [0.2, 0.25) is 0 Å². The molecule has 55 valence electrons. The summed E-state index contributed by atoms with van der Waals surface area (Å²) in [6, 6.07) is 1.89. The minimum absolute atomic E-state index is 0. The molecule has 1 radical (unpaired) electrons. The van der Waals surface area contributed by atoms with Crippen LogP contribution in [-0.4, -0.2) is 22.2 Å². The average molecular weight is 185 g/mol. The van der Waals surface area contributed by atoms with Gasteiger partial charge in [0.05, 0.1) is 0 Å². The van der Waals surface area contributed by atoms with Crippen molar-refractivity contribution in [3.05, 3.63) is 42.7 Å². The molecule has 0 unspecified atom stereocenters. The van der Waals surface area contributed by atoms with E-state index in [1.807, 2.05) is 34.1 Å². The zero-order valence-corrected chi connectivity index (χ0v) is 10.1. The van der Waals surface area contributed by atoms with Crippen molar-refractivity contribution in [3.8, 4) is 0 Å². The number of nitrogens with zero attached hydrogens (tertiary/aromatic N) is 4. The van der Waals surface area contributed by atoms with Crippen LogP contribution in [0.25, 0.3) is 5.43 Å². The summed E-state index contributed by atoms with van der Waals surface area (Å²) in [5.74, 6) is 0. The van der Waals surface area contributed by atoms with E-state index >= 15 is 0 Å². The second-order valence-electron chi connectivity index (χ2n) is 2.23. The molecule has 0 saturated carbocycles. The Labute approximate surface area is 115 Å². The molecule has 0 atom stereocenters. The number of rotatable bonds is 2. The van der Waals surface area contributed by atoms with Crippen molar-refractivity contribution in [2.24, 2.45) is 0 Å². The number of hydrogen-bond acceptors (Lipinski definition) is 2. The summed E-state index contributed by atoms with van der Waals surface area (Å²) in [6.45, 7) is 1.75. The van der Waals surface area contributed by atoms with Crippen LogP contribution in [0.5, 0.6) is 0 Å². The van der Waals surface area contributed by atoms with E-state index in [1.54, 1.807) is 12.7 Å². The van der Waals surface area contributed by atoms with Crippen molar-refractivity contribution >= 4 is 7.55 Å². The van der Waals surface area contributed by atoms with Gasteiger partial charge in [0.2, 0.25) is 0 Å². The normalized spacial score (nSPS) is 14.5. The van der Waals surface area contributed by atoms with Gasteiger partial charge in [-0.05, 0) is 12.3 Å². The van der Waals surface area contributed by atoms with E-state index in [4.69, 9.17) is 0 Å². The van der Waals surface area contributed by atoms with Crippen LogP contribution in [0.1, 0.15) is 0 Å². The van der Waals surface area contributed by atoms with Crippen LogP contribution in [-0.2, 0) is 0 Å². The molecule has 0 aromatic carbocycles. The number of hydrogen-bond donors (Lipinski definition) is 0. The maximum Gasteiger partial charge on any atom is 1.00 e. The van der Waals surface area contributed by atoms with Gasteiger partial charge in [-0.1, -0.05) is 6.08 Å². The predicted octanol–water partition coefficient (Wildman–Crippen LogP) is -2.72. The molecule has 0 N–H and O–H groups in total. The molecule has 0 saturated heterocycles. The van der Waals surface area contributed by atoms with Crippen LogP contribution in [0, 0.1) is 6.54 Å². The monoisotopic (exact) mass is 185 g/mol. The van der Waals surface area contributed by atoms with Gasteiger partial charge < -0.3 is 10.3 Å². The maximum atomic E-state index is 4.05. The Balaban J connectivity index is 0.000000720. The summed E-state index contributed by atoms with van der Waals surface area (Å²) >= 11 is 0. The van der Waals surface area contributed by atoms with Crippen molar-refractivity contribution in [2.45, 2.75) is 0 Å². The Hall–Kier alpha value is 0.411. The van der Waals surface area contributed by atoms with Crippen LogP contribution >= 0.6 is 0 Å². The van der Waals surface area contributed by atoms with Crippen molar-refractivity contribution in [1.29, 1.82) is 0 Å². The third-order valence-electron chi connectivity index (χ3n) is 1.41. The standard InChI is InChI=1S/C6H7BN4.K/c1-3-8-10(5-1)7-11-6-2-4-9-11;/h1-7H;/q-1;+1. The smallest absolute Gasteiger partial charge is 0.576 e. The van der Waals surface area contributed by atoms with Crippen LogP contribution < -0.4 is 51.4 Å². The van der Waals surface area contributed by atoms with E-state index in [2.05, 4.69) is 10.5 Å². The summed E-state index contributed by atoms with van der Waals surface area (Å²) in [4.78, 5) is 1.81. The van der Waals surface area contributed by atoms with Crippen LogP contribution in [0.3, 0.4) is 0 Å². The molecule has 0 bridgehead atoms. The van der Waals surface area contributed by atoms with Crippen LogP contribution in [0.4, 0.5) is 0 Å². The first kappa shape index (κ1) is 10.5. The fourth-order valence-corrected chi connectivity index (χ4v) is 0.917. The molecule has 2 heterocycles. The molecule has 2 rings (SSSR count). The van der Waals surface area contributed by atoms with Gasteiger partial charge in [0.25, 0.3) is 0 Å². The Morgan fingerprint density at radius 3 is 2.92 bits per heavy atom. The Morgan fingerprint density at radius 2 is 2.33 bits per heavy atom. The van der Waals surface area contributed by atoms with Gasteiger partial charge in [0.15, 0.2) is 0 Å². The molecule has 0 amide bonds. The summed E-state index contributed by atoms with van der Waals surface area (Å²) < 4.78 is 1.81. The molecule has 1 aromatic rings. The van der Waals surface area contributed by atoms with Gasteiger partial charge in [-0.2, -0.15) is 5.10 Å². The second kappa shape index (κ2) is 5.21. The molecule has 1 aromatic heterocycles. The molecular formula is C6H7BKN4. The Bertz CT molecular complexity index is 248. The first-order valence-electron chi connectivity index (χ1n) is 3.40. The Morgan fingerprint density at radius 1 is 1.42 bits per heavy atom. The zero-order chi connectivity index (χ0) is 7.52. The molecule has 6 heteroatoms. The summed E-state index contributed by atoms with van der Waals surface area (Å²) in [6.07, 6.45) is 7.45. The maximum absolute atomic E-state index is 4.05. The molecule has 4 nitrogen and oxygen atoms in total. The fraction of sp³-hybridized carbons (Fsp3) is 0. The Kier molecular flexibility index (Phi) is 4.55. The van der Waals surface area contributed by atoms with E-state index in [0.29, 0.717) is 7.55 Å². The van der Waals surface area contributed by atoms with Gasteiger partial charge in [-0.15, -0.1) is 6.54 Å². The molecule has 0 aliphatic carbocycles. The molecule has 0 spiro atoms. The van der Waals surface area contributed by atoms with E-state index in [1.165, 1.54) is 0 Å². The first-order chi connectivity index (χ1) is 5.45. The van der Waals surface area contributed by atoms with E-state index in [-0.39, 0.29) is 51.4 Å². The summed E-state index contributed by atoms with van der Waals surface area (Å²) in [5.41, 5.74) is 4.05. The molecule has 0 fully saturated rings. The minimum Gasteiger partial charge on any atom is -0.576 e. The predicted molar refractivity (Wildman–Crippen MR) is 43.4 cm³/mol. The topological polar surface area (TPSA) is 35.2 Å².